The molecule has 0 aliphatic rings. The quantitative estimate of drug-likeness (QED) is 0.586. The molecule has 1 atom stereocenters. The van der Waals surface area contributed by atoms with Crippen LogP contribution >= 0.6 is 0 Å². The number of rotatable bonds is 6. The van der Waals surface area contributed by atoms with Gasteiger partial charge in [-0.05, 0) is 42.9 Å². The molecule has 0 saturated heterocycles. The number of benzene rings is 1. The van der Waals surface area contributed by atoms with Gasteiger partial charge in [0.2, 0.25) is 0 Å². The fourth-order valence-corrected chi connectivity index (χ4v) is 2.40. The third kappa shape index (κ3) is 3.83. The molecule has 0 aromatic heterocycles. The molecule has 0 aliphatic heterocycles. The first-order valence-corrected chi connectivity index (χ1v) is 6.64. The highest BCUT2D eigenvalue weighted by atomic mass is 15.2. The SMILES string of the molecule is CCC(CC)C(Cc1ccc(C)c(C)c1)NN. The van der Waals surface area contributed by atoms with E-state index in [1.807, 2.05) is 0 Å². The van der Waals surface area contributed by atoms with Crippen LogP contribution in [0.5, 0.6) is 0 Å². The summed E-state index contributed by atoms with van der Waals surface area (Å²) in [4.78, 5) is 0. The Hall–Kier alpha value is -0.860. The Kier molecular flexibility index (Phi) is 5.66. The van der Waals surface area contributed by atoms with Gasteiger partial charge < -0.3 is 0 Å². The van der Waals surface area contributed by atoms with E-state index in [4.69, 9.17) is 5.84 Å². The molecule has 1 aromatic carbocycles. The van der Waals surface area contributed by atoms with E-state index < -0.39 is 0 Å². The largest absolute Gasteiger partial charge is 0.271 e. The molecule has 0 aliphatic carbocycles. The van der Waals surface area contributed by atoms with E-state index in [9.17, 15) is 0 Å². The molecule has 1 aromatic rings. The molecule has 0 amide bonds. The van der Waals surface area contributed by atoms with Crippen LogP contribution in [0.25, 0.3) is 0 Å². The van der Waals surface area contributed by atoms with E-state index in [-0.39, 0.29) is 0 Å². The minimum absolute atomic E-state index is 0.382. The molecular formula is C15H26N2. The van der Waals surface area contributed by atoms with Gasteiger partial charge in [0.1, 0.15) is 0 Å². The Morgan fingerprint density at radius 3 is 2.24 bits per heavy atom. The Balaban J connectivity index is 2.76. The van der Waals surface area contributed by atoms with Crippen molar-refractivity contribution in [2.45, 2.75) is 53.0 Å². The average molecular weight is 234 g/mol. The van der Waals surface area contributed by atoms with Gasteiger partial charge in [0, 0.05) is 6.04 Å². The molecule has 2 nitrogen and oxygen atoms in total. The first-order chi connectivity index (χ1) is 8.12. The third-order valence-corrected chi connectivity index (χ3v) is 3.86. The molecule has 0 saturated carbocycles. The van der Waals surface area contributed by atoms with Crippen LogP contribution in [0.2, 0.25) is 0 Å². The summed E-state index contributed by atoms with van der Waals surface area (Å²) in [5.41, 5.74) is 7.08. The van der Waals surface area contributed by atoms with Crippen LogP contribution in [0.1, 0.15) is 43.4 Å². The molecule has 0 spiro atoms. The predicted molar refractivity (Wildman–Crippen MR) is 74.8 cm³/mol. The third-order valence-electron chi connectivity index (χ3n) is 3.86. The minimum atomic E-state index is 0.382. The second kappa shape index (κ2) is 6.77. The first kappa shape index (κ1) is 14.2. The zero-order chi connectivity index (χ0) is 12.8. The molecule has 0 fully saturated rings. The molecule has 0 radical (unpaired) electrons. The van der Waals surface area contributed by atoms with Crippen LogP contribution in [0, 0.1) is 19.8 Å². The highest BCUT2D eigenvalue weighted by Gasteiger charge is 2.17. The standard InChI is InChI=1S/C15H26N2/c1-5-14(6-2)15(17-16)10-13-8-7-11(3)12(4)9-13/h7-9,14-15,17H,5-6,10,16H2,1-4H3. The van der Waals surface area contributed by atoms with Crippen molar-refractivity contribution in [3.8, 4) is 0 Å². The number of hydrogen-bond acceptors (Lipinski definition) is 2. The van der Waals surface area contributed by atoms with Crippen molar-refractivity contribution in [2.24, 2.45) is 11.8 Å². The maximum Gasteiger partial charge on any atom is 0.0278 e. The zero-order valence-electron chi connectivity index (χ0n) is 11.6. The molecule has 2 heteroatoms. The molecule has 17 heavy (non-hydrogen) atoms. The average Bonchev–Trinajstić information content (AvgIpc) is 2.33. The minimum Gasteiger partial charge on any atom is -0.271 e. The van der Waals surface area contributed by atoms with Crippen molar-refractivity contribution in [3.05, 3.63) is 34.9 Å². The highest BCUT2D eigenvalue weighted by molar-refractivity contribution is 5.30. The van der Waals surface area contributed by atoms with Gasteiger partial charge in [0.15, 0.2) is 0 Å². The lowest BCUT2D eigenvalue weighted by atomic mass is 9.89. The summed E-state index contributed by atoms with van der Waals surface area (Å²) in [6.45, 7) is 8.79. The first-order valence-electron chi connectivity index (χ1n) is 6.64. The van der Waals surface area contributed by atoms with Crippen molar-refractivity contribution in [1.29, 1.82) is 0 Å². The van der Waals surface area contributed by atoms with Crippen molar-refractivity contribution >= 4 is 0 Å². The lowest BCUT2D eigenvalue weighted by Crippen LogP contribution is -2.42. The van der Waals surface area contributed by atoms with Crippen LogP contribution in [-0.2, 0) is 6.42 Å². The maximum atomic E-state index is 5.69. The zero-order valence-corrected chi connectivity index (χ0v) is 11.6. The van der Waals surface area contributed by atoms with Crippen LogP contribution in [-0.4, -0.2) is 6.04 Å². The van der Waals surface area contributed by atoms with Gasteiger partial charge in [-0.2, -0.15) is 0 Å². The molecule has 0 heterocycles. The summed E-state index contributed by atoms with van der Waals surface area (Å²) >= 11 is 0. The number of nitrogens with one attached hydrogen (secondary N) is 1. The molecule has 0 bridgehead atoms. The van der Waals surface area contributed by atoms with E-state index >= 15 is 0 Å². The number of hydrogen-bond donors (Lipinski definition) is 2. The molecule has 1 unspecified atom stereocenters. The van der Waals surface area contributed by atoms with Crippen molar-refractivity contribution in [1.82, 2.24) is 5.43 Å². The number of hydrazine groups is 1. The normalized spacial score (nSPS) is 13.1. The summed E-state index contributed by atoms with van der Waals surface area (Å²) in [7, 11) is 0. The van der Waals surface area contributed by atoms with Gasteiger partial charge in [-0.25, -0.2) is 0 Å². The Morgan fingerprint density at radius 2 is 1.76 bits per heavy atom. The monoisotopic (exact) mass is 234 g/mol. The Labute approximate surface area is 106 Å². The highest BCUT2D eigenvalue weighted by Crippen LogP contribution is 2.18. The lowest BCUT2D eigenvalue weighted by Gasteiger charge is -2.24. The topological polar surface area (TPSA) is 38.0 Å². The van der Waals surface area contributed by atoms with E-state index in [1.165, 1.54) is 29.5 Å². The van der Waals surface area contributed by atoms with Gasteiger partial charge in [0.25, 0.3) is 0 Å². The van der Waals surface area contributed by atoms with E-state index in [0.717, 1.165) is 6.42 Å². The lowest BCUT2D eigenvalue weighted by molar-refractivity contribution is 0.335. The summed E-state index contributed by atoms with van der Waals surface area (Å²) < 4.78 is 0. The van der Waals surface area contributed by atoms with Crippen LogP contribution in [0.3, 0.4) is 0 Å². The van der Waals surface area contributed by atoms with Crippen LogP contribution in [0.4, 0.5) is 0 Å². The number of aryl methyl sites for hydroxylation is 2. The van der Waals surface area contributed by atoms with Gasteiger partial charge >= 0.3 is 0 Å². The molecule has 1 rings (SSSR count). The van der Waals surface area contributed by atoms with E-state index in [2.05, 4.69) is 51.3 Å². The van der Waals surface area contributed by atoms with E-state index in [1.54, 1.807) is 0 Å². The molecule has 96 valence electrons. The van der Waals surface area contributed by atoms with Gasteiger partial charge in [-0.1, -0.05) is 44.9 Å². The second-order valence-electron chi connectivity index (χ2n) is 4.97. The van der Waals surface area contributed by atoms with Crippen LogP contribution in [0.15, 0.2) is 18.2 Å². The second-order valence-corrected chi connectivity index (χ2v) is 4.97. The Bertz CT molecular complexity index is 343. The van der Waals surface area contributed by atoms with Crippen molar-refractivity contribution in [2.75, 3.05) is 0 Å². The molecular weight excluding hydrogens is 208 g/mol. The summed E-state index contributed by atoms with van der Waals surface area (Å²) in [5, 5.41) is 0. The fourth-order valence-electron chi connectivity index (χ4n) is 2.40. The van der Waals surface area contributed by atoms with E-state index in [0.29, 0.717) is 12.0 Å². The Morgan fingerprint density at radius 1 is 1.12 bits per heavy atom. The summed E-state index contributed by atoms with van der Waals surface area (Å²) in [6.07, 6.45) is 3.37. The maximum absolute atomic E-state index is 5.69. The van der Waals surface area contributed by atoms with Gasteiger partial charge in [0.05, 0.1) is 0 Å². The smallest absolute Gasteiger partial charge is 0.0278 e. The summed E-state index contributed by atoms with van der Waals surface area (Å²) in [5.74, 6) is 6.34. The van der Waals surface area contributed by atoms with Crippen molar-refractivity contribution in [3.63, 3.8) is 0 Å². The van der Waals surface area contributed by atoms with Crippen LogP contribution < -0.4 is 11.3 Å². The van der Waals surface area contributed by atoms with Gasteiger partial charge in [-0.3, -0.25) is 11.3 Å². The molecule has 3 N–H and O–H groups in total. The predicted octanol–water partition coefficient (Wildman–Crippen LogP) is 3.11. The van der Waals surface area contributed by atoms with Gasteiger partial charge in [-0.15, -0.1) is 0 Å². The number of nitrogens with two attached hydrogens (primary N) is 1. The summed E-state index contributed by atoms with van der Waals surface area (Å²) in [6, 6.07) is 7.08. The van der Waals surface area contributed by atoms with Crippen molar-refractivity contribution < 1.29 is 0 Å². The fraction of sp³-hybridized carbons (Fsp3) is 0.600.